The fourth-order valence-corrected chi connectivity index (χ4v) is 1.24. The van der Waals surface area contributed by atoms with E-state index in [0.717, 1.165) is 11.1 Å². The number of nitrogen functional groups attached to an aromatic ring is 1. The first-order valence-electron chi connectivity index (χ1n) is 4.34. The Morgan fingerprint density at radius 1 is 1.50 bits per heavy atom. The lowest BCUT2D eigenvalue weighted by Gasteiger charge is -2.02. The first kappa shape index (κ1) is 10.9. The smallest absolute Gasteiger partial charge is 0.0583 e. The zero-order valence-electron chi connectivity index (χ0n) is 8.32. The van der Waals surface area contributed by atoms with E-state index in [-0.39, 0.29) is 0 Å². The maximum atomic E-state index is 5.98. The highest BCUT2D eigenvalue weighted by Crippen LogP contribution is 2.21. The van der Waals surface area contributed by atoms with Crippen molar-refractivity contribution in [3.8, 4) is 11.8 Å². The Morgan fingerprint density at radius 3 is 2.86 bits per heavy atom. The molecule has 0 saturated heterocycles. The van der Waals surface area contributed by atoms with Gasteiger partial charge in [0.05, 0.1) is 11.6 Å². The Labute approximate surface area is 89.4 Å². The number of nitrogens with one attached hydrogen (secondary N) is 1. The lowest BCUT2D eigenvalue weighted by molar-refractivity contribution is 0.938. The van der Waals surface area contributed by atoms with Crippen LogP contribution in [0.25, 0.3) is 0 Å². The van der Waals surface area contributed by atoms with Crippen LogP contribution >= 0.6 is 11.6 Å². The van der Waals surface area contributed by atoms with Gasteiger partial charge in [-0.05, 0) is 31.7 Å². The SMILES string of the molecule is CNCC#Cc1cc(C)c(N)cc1Cl. The Kier molecular flexibility index (Phi) is 3.82. The molecular formula is C11H13ClN2. The van der Waals surface area contributed by atoms with Crippen molar-refractivity contribution < 1.29 is 0 Å². The molecule has 0 spiro atoms. The highest BCUT2D eigenvalue weighted by molar-refractivity contribution is 6.32. The standard InChI is InChI=1S/C11H13ClN2/c1-8-6-9(4-3-5-14-2)10(12)7-11(8)13/h6-7,14H,5,13H2,1-2H3. The molecule has 1 rings (SSSR count). The van der Waals surface area contributed by atoms with Gasteiger partial charge in [-0.15, -0.1) is 0 Å². The average Bonchev–Trinajstić information content (AvgIpc) is 2.14. The van der Waals surface area contributed by atoms with Gasteiger partial charge in [-0.2, -0.15) is 0 Å². The van der Waals surface area contributed by atoms with Crippen LogP contribution in [0.3, 0.4) is 0 Å². The molecule has 1 aromatic carbocycles. The summed E-state index contributed by atoms with van der Waals surface area (Å²) < 4.78 is 0. The highest BCUT2D eigenvalue weighted by atomic mass is 35.5. The van der Waals surface area contributed by atoms with Crippen LogP contribution in [-0.4, -0.2) is 13.6 Å². The Hall–Kier alpha value is -1.17. The van der Waals surface area contributed by atoms with Gasteiger partial charge in [-0.3, -0.25) is 0 Å². The molecule has 0 unspecified atom stereocenters. The van der Waals surface area contributed by atoms with Crippen molar-refractivity contribution in [3.63, 3.8) is 0 Å². The first-order valence-corrected chi connectivity index (χ1v) is 4.72. The van der Waals surface area contributed by atoms with Crippen molar-refractivity contribution >= 4 is 17.3 Å². The highest BCUT2D eigenvalue weighted by Gasteiger charge is 2.00. The van der Waals surface area contributed by atoms with Crippen LogP contribution in [0.2, 0.25) is 5.02 Å². The third-order valence-electron chi connectivity index (χ3n) is 1.84. The van der Waals surface area contributed by atoms with E-state index in [2.05, 4.69) is 17.2 Å². The summed E-state index contributed by atoms with van der Waals surface area (Å²) in [5.41, 5.74) is 8.23. The number of nitrogens with two attached hydrogens (primary N) is 1. The quantitative estimate of drug-likeness (QED) is 0.546. The molecule has 0 aromatic heterocycles. The van der Waals surface area contributed by atoms with Gasteiger partial charge in [0.25, 0.3) is 0 Å². The zero-order chi connectivity index (χ0) is 10.6. The lowest BCUT2D eigenvalue weighted by Crippen LogP contribution is -2.04. The van der Waals surface area contributed by atoms with Crippen LogP contribution in [0.5, 0.6) is 0 Å². The van der Waals surface area contributed by atoms with E-state index in [1.807, 2.05) is 20.0 Å². The number of aryl methyl sites for hydroxylation is 1. The molecule has 0 radical (unpaired) electrons. The molecule has 3 N–H and O–H groups in total. The Bertz CT molecular complexity index is 388. The van der Waals surface area contributed by atoms with Gasteiger partial charge < -0.3 is 11.1 Å². The van der Waals surface area contributed by atoms with Crippen LogP contribution in [-0.2, 0) is 0 Å². The van der Waals surface area contributed by atoms with Gasteiger partial charge in [-0.25, -0.2) is 0 Å². The summed E-state index contributed by atoms with van der Waals surface area (Å²) in [6.07, 6.45) is 0. The van der Waals surface area contributed by atoms with Gasteiger partial charge in [-0.1, -0.05) is 23.4 Å². The van der Waals surface area contributed by atoms with Crippen molar-refractivity contribution in [3.05, 3.63) is 28.3 Å². The largest absolute Gasteiger partial charge is 0.398 e. The normalized spacial score (nSPS) is 9.36. The third-order valence-corrected chi connectivity index (χ3v) is 2.16. The second-order valence-corrected chi connectivity index (χ2v) is 3.43. The van der Waals surface area contributed by atoms with Crippen molar-refractivity contribution in [2.24, 2.45) is 0 Å². The molecule has 0 heterocycles. The van der Waals surface area contributed by atoms with Crippen molar-refractivity contribution in [2.45, 2.75) is 6.92 Å². The monoisotopic (exact) mass is 208 g/mol. The number of hydrogen-bond acceptors (Lipinski definition) is 2. The summed E-state index contributed by atoms with van der Waals surface area (Å²) in [4.78, 5) is 0. The molecule has 2 nitrogen and oxygen atoms in total. The molecule has 0 saturated carbocycles. The van der Waals surface area contributed by atoms with Gasteiger partial charge in [0, 0.05) is 11.3 Å². The summed E-state index contributed by atoms with van der Waals surface area (Å²) in [7, 11) is 1.85. The predicted molar refractivity (Wildman–Crippen MR) is 61.4 cm³/mol. The number of rotatable bonds is 1. The number of halogens is 1. The van der Waals surface area contributed by atoms with Gasteiger partial charge >= 0.3 is 0 Å². The number of hydrogen-bond donors (Lipinski definition) is 2. The van der Waals surface area contributed by atoms with E-state index >= 15 is 0 Å². The Balaban J connectivity index is 3.00. The van der Waals surface area contributed by atoms with Crippen molar-refractivity contribution in [1.29, 1.82) is 0 Å². The van der Waals surface area contributed by atoms with Crippen LogP contribution in [0, 0.1) is 18.8 Å². The van der Waals surface area contributed by atoms with E-state index < -0.39 is 0 Å². The predicted octanol–water partition coefficient (Wildman–Crippen LogP) is 1.80. The van der Waals surface area contributed by atoms with Gasteiger partial charge in [0.2, 0.25) is 0 Å². The van der Waals surface area contributed by atoms with Gasteiger partial charge in [0.1, 0.15) is 0 Å². The molecule has 0 aliphatic heterocycles. The molecule has 3 heteroatoms. The minimum Gasteiger partial charge on any atom is -0.398 e. The maximum absolute atomic E-state index is 5.98. The van der Waals surface area contributed by atoms with Crippen LogP contribution in [0.1, 0.15) is 11.1 Å². The summed E-state index contributed by atoms with van der Waals surface area (Å²) in [6, 6.07) is 3.64. The second kappa shape index (κ2) is 4.90. The third kappa shape index (κ3) is 2.66. The van der Waals surface area contributed by atoms with E-state index in [4.69, 9.17) is 17.3 Å². The summed E-state index contributed by atoms with van der Waals surface area (Å²) >= 11 is 5.98. The fourth-order valence-electron chi connectivity index (χ4n) is 1.02. The zero-order valence-corrected chi connectivity index (χ0v) is 9.07. The van der Waals surface area contributed by atoms with Crippen LogP contribution in [0.15, 0.2) is 12.1 Å². The molecular weight excluding hydrogens is 196 g/mol. The Morgan fingerprint density at radius 2 is 2.21 bits per heavy atom. The van der Waals surface area contributed by atoms with E-state index in [1.54, 1.807) is 6.07 Å². The second-order valence-electron chi connectivity index (χ2n) is 3.02. The molecule has 1 aromatic rings. The molecule has 0 fully saturated rings. The molecule has 0 aliphatic carbocycles. The number of anilines is 1. The van der Waals surface area contributed by atoms with E-state index in [9.17, 15) is 0 Å². The average molecular weight is 209 g/mol. The molecule has 14 heavy (non-hydrogen) atoms. The maximum Gasteiger partial charge on any atom is 0.0583 e. The van der Waals surface area contributed by atoms with Crippen LogP contribution in [0.4, 0.5) is 5.69 Å². The van der Waals surface area contributed by atoms with Crippen molar-refractivity contribution in [1.82, 2.24) is 5.32 Å². The topological polar surface area (TPSA) is 38.0 Å². The molecule has 0 atom stereocenters. The molecule has 74 valence electrons. The summed E-state index contributed by atoms with van der Waals surface area (Å²) in [5, 5.41) is 3.55. The first-order chi connectivity index (χ1) is 6.65. The lowest BCUT2D eigenvalue weighted by atomic mass is 10.1. The molecule has 0 amide bonds. The number of benzene rings is 1. The summed E-state index contributed by atoms with van der Waals surface area (Å²) in [6.45, 7) is 2.59. The van der Waals surface area contributed by atoms with E-state index in [0.29, 0.717) is 17.3 Å². The van der Waals surface area contributed by atoms with Gasteiger partial charge in [0.15, 0.2) is 0 Å². The minimum atomic E-state index is 0.608. The van der Waals surface area contributed by atoms with Crippen molar-refractivity contribution in [2.75, 3.05) is 19.3 Å². The minimum absolute atomic E-state index is 0.608. The molecule has 0 bridgehead atoms. The summed E-state index contributed by atoms with van der Waals surface area (Å²) in [5.74, 6) is 5.93. The fraction of sp³-hybridized carbons (Fsp3) is 0.273. The van der Waals surface area contributed by atoms with E-state index in [1.165, 1.54) is 0 Å². The van der Waals surface area contributed by atoms with Crippen LogP contribution < -0.4 is 11.1 Å². The molecule has 0 aliphatic rings.